The molecule has 27 heavy (non-hydrogen) atoms. The van der Waals surface area contributed by atoms with Gasteiger partial charge in [-0.15, -0.1) is 11.3 Å². The second-order valence-electron chi connectivity index (χ2n) is 6.66. The smallest absolute Gasteiger partial charge is 0.130 e. The average molecular weight is 375 g/mol. The first kappa shape index (κ1) is 17.9. The van der Waals surface area contributed by atoms with Crippen molar-refractivity contribution in [2.75, 3.05) is 7.11 Å². The lowest BCUT2D eigenvalue weighted by atomic mass is 9.83. The molecule has 0 fully saturated rings. The zero-order chi connectivity index (χ0) is 18.7. The van der Waals surface area contributed by atoms with E-state index in [1.54, 1.807) is 18.4 Å². The van der Waals surface area contributed by atoms with Crippen LogP contribution in [0.25, 0.3) is 0 Å². The summed E-state index contributed by atoms with van der Waals surface area (Å²) in [5, 5.41) is 13.0. The molecule has 2 aromatic carbocycles. The Morgan fingerprint density at radius 3 is 2.19 bits per heavy atom. The summed E-state index contributed by atoms with van der Waals surface area (Å²) >= 11 is 1.56. The van der Waals surface area contributed by atoms with Crippen LogP contribution in [0.2, 0.25) is 0 Å². The highest BCUT2D eigenvalue weighted by Crippen LogP contribution is 2.42. The summed E-state index contributed by atoms with van der Waals surface area (Å²) in [5.41, 5.74) is 2.48. The van der Waals surface area contributed by atoms with Crippen LogP contribution in [0.1, 0.15) is 33.6 Å². The average Bonchev–Trinajstić information content (AvgIpc) is 3.25. The van der Waals surface area contributed by atoms with E-state index < -0.39 is 11.7 Å². The van der Waals surface area contributed by atoms with Gasteiger partial charge in [0, 0.05) is 23.5 Å². The normalized spacial score (nSPS) is 22.7. The topological polar surface area (TPSA) is 29.5 Å². The zero-order valence-electron chi connectivity index (χ0n) is 15.2. The molecule has 3 aromatic rings. The second-order valence-corrected chi connectivity index (χ2v) is 7.61. The summed E-state index contributed by atoms with van der Waals surface area (Å²) in [6.07, 6.45) is 7.90. The van der Waals surface area contributed by atoms with Crippen molar-refractivity contribution in [3.63, 3.8) is 0 Å². The van der Waals surface area contributed by atoms with Gasteiger partial charge in [0.25, 0.3) is 0 Å². The fourth-order valence-electron chi connectivity index (χ4n) is 3.58. The van der Waals surface area contributed by atoms with Crippen molar-refractivity contribution >= 4 is 11.3 Å². The van der Waals surface area contributed by atoms with Gasteiger partial charge in [0.2, 0.25) is 0 Å². The molecule has 0 radical (unpaired) electrons. The van der Waals surface area contributed by atoms with Crippen LogP contribution in [0.5, 0.6) is 0 Å². The molecular weight excluding hydrogens is 352 g/mol. The largest absolute Gasteiger partial charge is 0.383 e. The van der Waals surface area contributed by atoms with Crippen LogP contribution in [0.15, 0.2) is 96.4 Å². The molecule has 1 aliphatic carbocycles. The number of hydrogen-bond donors (Lipinski definition) is 1. The lowest BCUT2D eigenvalue weighted by molar-refractivity contribution is 0.0684. The number of benzene rings is 2. The van der Waals surface area contributed by atoms with Gasteiger partial charge in [-0.1, -0.05) is 72.8 Å². The first-order chi connectivity index (χ1) is 13.2. The first-order valence-corrected chi connectivity index (χ1v) is 9.91. The maximum absolute atomic E-state index is 10.9. The van der Waals surface area contributed by atoms with Gasteiger partial charge in [0.1, 0.15) is 11.7 Å². The van der Waals surface area contributed by atoms with Gasteiger partial charge < -0.3 is 9.84 Å². The van der Waals surface area contributed by atoms with Crippen LogP contribution in [0.4, 0.5) is 0 Å². The highest BCUT2D eigenvalue weighted by Gasteiger charge is 2.34. The molecule has 2 nitrogen and oxygen atoms in total. The Morgan fingerprint density at radius 1 is 0.926 bits per heavy atom. The number of hydrogen-bond acceptors (Lipinski definition) is 3. The highest BCUT2D eigenvalue weighted by molar-refractivity contribution is 7.10. The Bertz CT molecular complexity index is 927. The molecule has 1 unspecified atom stereocenters. The fraction of sp³-hybridized carbons (Fsp3) is 0.167. The minimum Gasteiger partial charge on any atom is -0.383 e. The van der Waals surface area contributed by atoms with Crippen LogP contribution >= 0.6 is 11.3 Å². The van der Waals surface area contributed by atoms with Crippen molar-refractivity contribution in [2.45, 2.75) is 17.6 Å². The van der Waals surface area contributed by atoms with Crippen LogP contribution in [-0.4, -0.2) is 12.2 Å². The molecule has 3 heteroatoms. The minimum atomic E-state index is -0.665. The molecule has 136 valence electrons. The predicted octanol–water partition coefficient (Wildman–Crippen LogP) is 5.58. The number of aliphatic hydroxyl groups is 1. The Kier molecular flexibility index (Phi) is 5.08. The van der Waals surface area contributed by atoms with Crippen molar-refractivity contribution in [3.8, 4) is 0 Å². The van der Waals surface area contributed by atoms with Crippen LogP contribution in [-0.2, 0) is 10.3 Å². The Hall–Kier alpha value is -2.46. The van der Waals surface area contributed by atoms with Gasteiger partial charge in [0.05, 0.1) is 0 Å². The van der Waals surface area contributed by atoms with Gasteiger partial charge in [0.15, 0.2) is 0 Å². The van der Waals surface area contributed by atoms with Crippen molar-refractivity contribution in [2.24, 2.45) is 0 Å². The van der Waals surface area contributed by atoms with E-state index in [-0.39, 0.29) is 5.92 Å². The second kappa shape index (κ2) is 7.65. The highest BCUT2D eigenvalue weighted by atomic mass is 32.1. The molecule has 0 saturated heterocycles. The summed E-state index contributed by atoms with van der Waals surface area (Å²) < 4.78 is 5.96. The van der Waals surface area contributed by atoms with E-state index in [4.69, 9.17) is 4.74 Å². The lowest BCUT2D eigenvalue weighted by Gasteiger charge is -2.31. The van der Waals surface area contributed by atoms with E-state index in [2.05, 4.69) is 48.6 Å². The van der Waals surface area contributed by atoms with Gasteiger partial charge in [-0.2, -0.15) is 0 Å². The van der Waals surface area contributed by atoms with E-state index in [0.29, 0.717) is 0 Å². The predicted molar refractivity (Wildman–Crippen MR) is 111 cm³/mol. The van der Waals surface area contributed by atoms with Gasteiger partial charge in [-0.25, -0.2) is 0 Å². The third-order valence-electron chi connectivity index (χ3n) is 5.10. The lowest BCUT2D eigenvalue weighted by Crippen LogP contribution is -2.27. The van der Waals surface area contributed by atoms with Gasteiger partial charge in [-0.3, -0.25) is 0 Å². The van der Waals surface area contributed by atoms with Crippen LogP contribution in [0.3, 0.4) is 0 Å². The molecule has 1 aliphatic rings. The monoisotopic (exact) mass is 374 g/mol. The summed E-state index contributed by atoms with van der Waals surface area (Å²) in [6.45, 7) is 0. The number of rotatable bonds is 5. The molecule has 0 saturated carbocycles. The third-order valence-corrected chi connectivity index (χ3v) is 6.07. The number of allylic oxidation sites excluding steroid dienone is 2. The summed E-state index contributed by atoms with van der Waals surface area (Å²) in [7, 11) is 1.72. The van der Waals surface area contributed by atoms with E-state index in [1.165, 1.54) is 5.56 Å². The maximum atomic E-state index is 10.9. The summed E-state index contributed by atoms with van der Waals surface area (Å²) in [6, 6.07) is 22.2. The summed E-state index contributed by atoms with van der Waals surface area (Å²) in [4.78, 5) is 0.913. The van der Waals surface area contributed by atoms with E-state index in [9.17, 15) is 5.11 Å². The van der Waals surface area contributed by atoms with Gasteiger partial charge in [-0.05, 0) is 34.7 Å². The number of thiophene rings is 1. The van der Waals surface area contributed by atoms with E-state index in [0.717, 1.165) is 16.0 Å². The standard InChI is InChI=1S/C24H22O2S/c1-26-24(15-12-19(13-16-24)18-8-4-2-5-9-18)21-14-17-27-23(21)22(25)20-10-6-3-7-11-20/h2-17,19,22,25H,1H3. The quantitative estimate of drug-likeness (QED) is 0.591. The van der Waals surface area contributed by atoms with E-state index >= 15 is 0 Å². The Balaban J connectivity index is 1.67. The molecule has 0 amide bonds. The van der Waals surface area contributed by atoms with Crippen molar-refractivity contribution in [1.29, 1.82) is 0 Å². The molecule has 1 heterocycles. The first-order valence-electron chi connectivity index (χ1n) is 9.03. The maximum Gasteiger partial charge on any atom is 0.130 e. The van der Waals surface area contributed by atoms with Crippen molar-refractivity contribution in [3.05, 3.63) is 118 Å². The zero-order valence-corrected chi connectivity index (χ0v) is 16.0. The van der Waals surface area contributed by atoms with Crippen LogP contribution in [0, 0.1) is 0 Å². The molecule has 4 rings (SSSR count). The molecule has 1 N–H and O–H groups in total. The third kappa shape index (κ3) is 3.42. The minimum absolute atomic E-state index is 0.232. The number of ether oxygens (including phenoxy) is 1. The molecule has 1 aromatic heterocycles. The molecule has 1 atom stereocenters. The molecule has 0 bridgehead atoms. The number of methoxy groups -OCH3 is 1. The molecule has 0 aliphatic heterocycles. The molecule has 0 spiro atoms. The Morgan fingerprint density at radius 2 is 1.56 bits per heavy atom. The summed E-state index contributed by atoms with van der Waals surface area (Å²) in [5.74, 6) is 0.232. The molecular formula is C24H22O2S. The SMILES string of the molecule is COC1(c2ccsc2C(O)c2ccccc2)C=CC(c2ccccc2)C=C1. The Labute approximate surface area is 164 Å². The van der Waals surface area contributed by atoms with Gasteiger partial charge >= 0.3 is 0 Å². The number of aliphatic hydroxyl groups excluding tert-OH is 1. The van der Waals surface area contributed by atoms with Crippen LogP contribution < -0.4 is 0 Å². The van der Waals surface area contributed by atoms with Crippen molar-refractivity contribution < 1.29 is 9.84 Å². The fourth-order valence-corrected chi connectivity index (χ4v) is 4.55. The van der Waals surface area contributed by atoms with Crippen molar-refractivity contribution in [1.82, 2.24) is 0 Å². The van der Waals surface area contributed by atoms with E-state index in [1.807, 2.05) is 47.8 Å².